The van der Waals surface area contributed by atoms with E-state index in [-0.39, 0.29) is 49.8 Å². The number of carbonyl (C=O) groups is 2. The minimum absolute atomic E-state index is 0.00228. The summed E-state index contributed by atoms with van der Waals surface area (Å²) in [5.41, 5.74) is -2.66. The van der Waals surface area contributed by atoms with Crippen LogP contribution in [0.3, 0.4) is 0 Å². The van der Waals surface area contributed by atoms with E-state index in [1.807, 2.05) is 11.8 Å². The van der Waals surface area contributed by atoms with Crippen molar-refractivity contribution in [3.8, 4) is 0 Å². The molecule has 2 fully saturated rings. The van der Waals surface area contributed by atoms with E-state index in [2.05, 4.69) is 10.3 Å². The molecule has 2 aliphatic rings. The Bertz CT molecular complexity index is 1190. The zero-order valence-corrected chi connectivity index (χ0v) is 22.1. The second-order valence-electron chi connectivity index (χ2n) is 11.4. The molecule has 0 aliphatic carbocycles. The Morgan fingerprint density at radius 2 is 1.82 bits per heavy atom. The molecule has 2 saturated heterocycles. The number of alkyl halides is 4. The maximum Gasteiger partial charge on any atom is 0.418 e. The molecular weight excluding hydrogens is 504 g/mol. The normalized spacial score (nSPS) is 22.0. The smallest absolute Gasteiger partial charge is 0.418 e. The molecule has 3 heterocycles. The van der Waals surface area contributed by atoms with Gasteiger partial charge < -0.3 is 19.9 Å². The van der Waals surface area contributed by atoms with Crippen molar-refractivity contribution in [3.05, 3.63) is 36.0 Å². The molecular formula is C27H34F4N4O3. The monoisotopic (exact) mass is 538 g/mol. The van der Waals surface area contributed by atoms with Crippen molar-refractivity contribution in [2.45, 2.75) is 70.4 Å². The Labute approximate surface area is 219 Å². The van der Waals surface area contributed by atoms with Gasteiger partial charge in [0.25, 0.3) is 0 Å². The highest BCUT2D eigenvalue weighted by Crippen LogP contribution is 2.39. The van der Waals surface area contributed by atoms with Crippen molar-refractivity contribution >= 4 is 28.6 Å². The minimum Gasteiger partial charge on any atom is -0.444 e. The number of nitrogens with zero attached hydrogens (tertiary/aromatic N) is 3. The average Bonchev–Trinajstić information content (AvgIpc) is 3.16. The summed E-state index contributed by atoms with van der Waals surface area (Å²) in [5.74, 6) is -0.423. The van der Waals surface area contributed by atoms with Crippen LogP contribution in [0.15, 0.2) is 30.5 Å². The van der Waals surface area contributed by atoms with E-state index in [1.54, 1.807) is 32.9 Å². The van der Waals surface area contributed by atoms with Crippen LogP contribution >= 0.6 is 0 Å². The lowest BCUT2D eigenvalue weighted by molar-refractivity contribution is -0.136. The third kappa shape index (κ3) is 6.30. The van der Waals surface area contributed by atoms with Gasteiger partial charge in [0.15, 0.2) is 0 Å². The molecule has 11 heteroatoms. The molecule has 2 aromatic rings. The van der Waals surface area contributed by atoms with Gasteiger partial charge in [-0.3, -0.25) is 9.78 Å². The largest absolute Gasteiger partial charge is 0.444 e. The SMILES string of the molecule is C[C@@H]1CN(c2ccc(C(F)(F)F)c3ncccc23)C[C@@H]1NC(=O)CC1(F)CCN(C(=O)OC(C)(C)C)CC1. The van der Waals surface area contributed by atoms with E-state index >= 15 is 4.39 Å². The number of hydrogen-bond acceptors (Lipinski definition) is 5. The molecule has 1 N–H and O–H groups in total. The number of hydrogen-bond donors (Lipinski definition) is 1. The van der Waals surface area contributed by atoms with Gasteiger partial charge in [0.2, 0.25) is 5.91 Å². The predicted molar refractivity (Wildman–Crippen MR) is 136 cm³/mol. The molecule has 0 saturated carbocycles. The Balaban J connectivity index is 1.37. The lowest BCUT2D eigenvalue weighted by Gasteiger charge is -2.37. The first-order valence-corrected chi connectivity index (χ1v) is 12.8. The van der Waals surface area contributed by atoms with Gasteiger partial charge in [-0.05, 0) is 63.8 Å². The minimum atomic E-state index is -4.52. The van der Waals surface area contributed by atoms with Gasteiger partial charge in [-0.25, -0.2) is 9.18 Å². The molecule has 2 amide bonds. The highest BCUT2D eigenvalue weighted by Gasteiger charge is 2.41. The molecule has 4 rings (SSSR count). The number of nitrogens with one attached hydrogen (secondary N) is 1. The van der Waals surface area contributed by atoms with Gasteiger partial charge in [0.1, 0.15) is 11.3 Å². The maximum atomic E-state index is 15.5. The van der Waals surface area contributed by atoms with E-state index in [0.29, 0.717) is 24.2 Å². The van der Waals surface area contributed by atoms with Gasteiger partial charge in [-0.15, -0.1) is 0 Å². The number of ether oxygens (including phenoxy) is 1. The fraction of sp³-hybridized carbons (Fsp3) is 0.593. The summed E-state index contributed by atoms with van der Waals surface area (Å²) in [4.78, 5) is 32.4. The van der Waals surface area contributed by atoms with Crippen molar-refractivity contribution in [3.63, 3.8) is 0 Å². The van der Waals surface area contributed by atoms with Crippen LogP contribution in [-0.4, -0.2) is 65.4 Å². The fourth-order valence-corrected chi connectivity index (χ4v) is 5.15. The van der Waals surface area contributed by atoms with Crippen LogP contribution in [0.1, 0.15) is 52.5 Å². The fourth-order valence-electron chi connectivity index (χ4n) is 5.15. The van der Waals surface area contributed by atoms with Crippen LogP contribution in [-0.2, 0) is 15.7 Å². The summed E-state index contributed by atoms with van der Waals surface area (Å²) >= 11 is 0. The lowest BCUT2D eigenvalue weighted by atomic mass is 9.89. The van der Waals surface area contributed by atoms with E-state index in [9.17, 15) is 22.8 Å². The molecule has 1 aromatic carbocycles. The third-order valence-corrected chi connectivity index (χ3v) is 7.14. The number of carbonyl (C=O) groups excluding carboxylic acids is 2. The molecule has 208 valence electrons. The van der Waals surface area contributed by atoms with Crippen LogP contribution in [0.5, 0.6) is 0 Å². The Kier molecular flexibility index (Phi) is 7.51. The molecule has 0 bridgehead atoms. The van der Waals surface area contributed by atoms with E-state index in [4.69, 9.17) is 4.74 Å². The highest BCUT2D eigenvalue weighted by atomic mass is 19.4. The van der Waals surface area contributed by atoms with Crippen molar-refractivity contribution in [1.82, 2.24) is 15.2 Å². The van der Waals surface area contributed by atoms with E-state index < -0.39 is 35.0 Å². The first-order chi connectivity index (χ1) is 17.7. The summed E-state index contributed by atoms with van der Waals surface area (Å²) in [7, 11) is 0. The van der Waals surface area contributed by atoms with E-state index in [0.717, 1.165) is 6.07 Å². The molecule has 2 atom stereocenters. The van der Waals surface area contributed by atoms with Crippen molar-refractivity contribution in [2.24, 2.45) is 5.92 Å². The number of piperidine rings is 1. The van der Waals surface area contributed by atoms with Crippen LogP contribution in [0.25, 0.3) is 10.9 Å². The number of pyridine rings is 1. The van der Waals surface area contributed by atoms with Crippen LogP contribution < -0.4 is 10.2 Å². The zero-order chi connectivity index (χ0) is 27.9. The lowest BCUT2D eigenvalue weighted by Crippen LogP contribution is -2.49. The first-order valence-electron chi connectivity index (χ1n) is 12.8. The number of aromatic nitrogens is 1. The Morgan fingerprint density at radius 3 is 2.45 bits per heavy atom. The topological polar surface area (TPSA) is 74.8 Å². The predicted octanol–water partition coefficient (Wildman–Crippen LogP) is 5.32. The molecule has 7 nitrogen and oxygen atoms in total. The molecule has 0 spiro atoms. The highest BCUT2D eigenvalue weighted by molar-refractivity contribution is 5.94. The summed E-state index contributed by atoms with van der Waals surface area (Å²) < 4.78 is 61.3. The number of rotatable bonds is 4. The second-order valence-corrected chi connectivity index (χ2v) is 11.4. The van der Waals surface area contributed by atoms with Crippen LogP contribution in [0.2, 0.25) is 0 Å². The van der Waals surface area contributed by atoms with E-state index in [1.165, 1.54) is 17.2 Å². The third-order valence-electron chi connectivity index (χ3n) is 7.14. The van der Waals surface area contributed by atoms with Gasteiger partial charge in [0.05, 0.1) is 23.5 Å². The summed E-state index contributed by atoms with van der Waals surface area (Å²) in [6, 6.07) is 5.40. The molecule has 0 unspecified atom stereocenters. The second kappa shape index (κ2) is 10.2. The zero-order valence-electron chi connectivity index (χ0n) is 22.1. The van der Waals surface area contributed by atoms with Crippen molar-refractivity contribution in [2.75, 3.05) is 31.1 Å². The number of amides is 2. The quantitative estimate of drug-likeness (QED) is 0.533. The molecule has 38 heavy (non-hydrogen) atoms. The number of likely N-dealkylation sites (tertiary alicyclic amines) is 1. The summed E-state index contributed by atoms with van der Waals surface area (Å²) in [6.07, 6.45) is -3.92. The van der Waals surface area contributed by atoms with Crippen LogP contribution in [0, 0.1) is 5.92 Å². The van der Waals surface area contributed by atoms with Gasteiger partial charge in [0, 0.05) is 43.4 Å². The van der Waals surface area contributed by atoms with Gasteiger partial charge in [-0.2, -0.15) is 13.2 Å². The number of fused-ring (bicyclic) bond motifs is 1. The van der Waals surface area contributed by atoms with Crippen molar-refractivity contribution < 1.29 is 31.9 Å². The molecule has 2 aliphatic heterocycles. The number of anilines is 1. The number of benzene rings is 1. The maximum absolute atomic E-state index is 15.5. The van der Waals surface area contributed by atoms with Crippen LogP contribution in [0.4, 0.5) is 28.0 Å². The Hall–Kier alpha value is -3.11. The summed E-state index contributed by atoms with van der Waals surface area (Å²) in [6.45, 7) is 8.48. The van der Waals surface area contributed by atoms with Gasteiger partial charge >= 0.3 is 12.3 Å². The van der Waals surface area contributed by atoms with Crippen molar-refractivity contribution in [1.29, 1.82) is 0 Å². The summed E-state index contributed by atoms with van der Waals surface area (Å²) in [5, 5.41) is 3.32. The molecule has 0 radical (unpaired) electrons. The first kappa shape index (κ1) is 27.9. The Morgan fingerprint density at radius 1 is 1.13 bits per heavy atom. The molecule has 1 aromatic heterocycles. The standard InChI is InChI=1S/C27H34F4N4O3/c1-17-15-35(21-8-7-19(27(29,30)31)23-18(21)6-5-11-32-23)16-20(17)33-22(36)14-26(28)9-12-34(13-10-26)24(37)38-25(2,3)4/h5-8,11,17,20H,9-10,12-16H2,1-4H3,(H,33,36)/t17-,20+/m1/s1. The number of halogens is 4. The average molecular weight is 539 g/mol. The van der Waals surface area contributed by atoms with Gasteiger partial charge in [-0.1, -0.05) is 6.92 Å².